The lowest BCUT2D eigenvalue weighted by molar-refractivity contribution is -0.129. The third kappa shape index (κ3) is 3.43. The number of benzene rings is 2. The Morgan fingerprint density at radius 2 is 1.81 bits per heavy atom. The Morgan fingerprint density at radius 1 is 1.09 bits per heavy atom. The molecule has 1 aliphatic rings. The third-order valence-corrected chi connectivity index (χ3v) is 5.30. The molecule has 10 heteroatoms. The van der Waals surface area contributed by atoms with E-state index in [9.17, 15) is 13.6 Å². The topological polar surface area (TPSA) is 93.7 Å². The lowest BCUT2D eigenvalue weighted by atomic mass is 9.81. The number of aliphatic imine (C=N–C) groups is 1. The van der Waals surface area contributed by atoms with Gasteiger partial charge in [0, 0.05) is 30.6 Å². The average molecular weight is 441 g/mol. The number of halogens is 3. The van der Waals surface area contributed by atoms with Gasteiger partial charge in [0.2, 0.25) is 0 Å². The van der Waals surface area contributed by atoms with Crippen LogP contribution in [0.2, 0.25) is 0 Å². The molecule has 0 spiro atoms. The van der Waals surface area contributed by atoms with Gasteiger partial charge in [0.15, 0.2) is 11.5 Å². The zero-order chi connectivity index (χ0) is 23.0. The number of aryl methyl sites for hydroxylation is 1. The Bertz CT molecular complexity index is 1220. The van der Waals surface area contributed by atoms with Crippen LogP contribution in [-0.2, 0) is 10.3 Å². The van der Waals surface area contributed by atoms with E-state index in [1.165, 1.54) is 49.8 Å². The molecule has 1 aliphatic heterocycles. The predicted molar refractivity (Wildman–Crippen MR) is 110 cm³/mol. The van der Waals surface area contributed by atoms with Gasteiger partial charge in [0.05, 0.1) is 0 Å². The molecule has 0 aliphatic carbocycles. The largest absolute Gasteiger partial charge is 0.435 e. The van der Waals surface area contributed by atoms with Crippen molar-refractivity contribution in [1.82, 2.24) is 14.9 Å². The normalized spacial score (nSPS) is 18.2. The molecule has 4 rings (SSSR count). The molecule has 2 N–H and O–H groups in total. The van der Waals surface area contributed by atoms with Crippen molar-refractivity contribution < 1.29 is 22.7 Å². The van der Waals surface area contributed by atoms with E-state index < -0.39 is 23.9 Å². The molecule has 1 aromatic heterocycles. The molecular weight excluding hydrogens is 423 g/mol. The van der Waals surface area contributed by atoms with Crippen molar-refractivity contribution >= 4 is 11.9 Å². The summed E-state index contributed by atoms with van der Waals surface area (Å²) in [5.41, 5.74) is 5.81. The van der Waals surface area contributed by atoms with Gasteiger partial charge in [-0.05, 0) is 47.9 Å². The first-order valence-corrected chi connectivity index (χ1v) is 9.49. The third-order valence-electron chi connectivity index (χ3n) is 5.30. The molecule has 0 fully saturated rings. The summed E-state index contributed by atoms with van der Waals surface area (Å²) in [5.74, 6) is -1.44. The van der Waals surface area contributed by atoms with Crippen LogP contribution in [0.3, 0.4) is 0 Å². The summed E-state index contributed by atoms with van der Waals surface area (Å²) in [7, 11) is 1.43. The van der Waals surface area contributed by atoms with E-state index >= 15 is 4.39 Å². The fraction of sp³-hybridized carbons (Fsp3) is 0.182. The lowest BCUT2D eigenvalue weighted by Gasteiger charge is -2.27. The van der Waals surface area contributed by atoms with Crippen molar-refractivity contribution in [2.24, 2.45) is 10.7 Å². The van der Waals surface area contributed by atoms with Crippen molar-refractivity contribution in [3.63, 3.8) is 0 Å². The van der Waals surface area contributed by atoms with Crippen LogP contribution in [-0.4, -0.2) is 40.4 Å². The molecule has 2 aromatic carbocycles. The Kier molecular flexibility index (Phi) is 5.29. The number of rotatable bonds is 5. The second kappa shape index (κ2) is 7.95. The van der Waals surface area contributed by atoms with Crippen molar-refractivity contribution in [3.8, 4) is 16.9 Å². The molecule has 7 nitrogen and oxygen atoms in total. The smallest absolute Gasteiger partial charge is 0.387 e. The quantitative estimate of drug-likeness (QED) is 0.656. The molecule has 0 saturated carbocycles. The average Bonchev–Trinajstić information content (AvgIpc) is 3.00. The first-order chi connectivity index (χ1) is 15.2. The van der Waals surface area contributed by atoms with Crippen LogP contribution in [0.4, 0.5) is 13.2 Å². The summed E-state index contributed by atoms with van der Waals surface area (Å²) < 4.78 is 45.1. The standard InChI is InChI=1S/C22H18F3N5O2/c1-12-7-15(4-6-18(12)32-20(24)25)22(19(31)30(2)21(26)29-22)16-8-13(3-5-17(16)23)14-9-27-11-28-10-14/h3-11,20H,1-2H3,(H2,26,29). The summed E-state index contributed by atoms with van der Waals surface area (Å²) in [6, 6.07) is 8.40. The summed E-state index contributed by atoms with van der Waals surface area (Å²) in [4.78, 5) is 26.8. The van der Waals surface area contributed by atoms with E-state index in [1.807, 2.05) is 0 Å². The van der Waals surface area contributed by atoms with E-state index in [0.29, 0.717) is 16.7 Å². The van der Waals surface area contributed by atoms with Crippen molar-refractivity contribution in [1.29, 1.82) is 0 Å². The highest BCUT2D eigenvalue weighted by Crippen LogP contribution is 2.43. The number of nitrogens with two attached hydrogens (primary N) is 1. The van der Waals surface area contributed by atoms with Gasteiger partial charge in [-0.2, -0.15) is 8.78 Å². The highest BCUT2D eigenvalue weighted by atomic mass is 19.3. The second-order valence-electron chi connectivity index (χ2n) is 7.23. The maximum atomic E-state index is 15.2. The van der Waals surface area contributed by atoms with Gasteiger partial charge in [0.1, 0.15) is 17.9 Å². The molecule has 32 heavy (non-hydrogen) atoms. The number of guanidine groups is 1. The summed E-state index contributed by atoms with van der Waals surface area (Å²) >= 11 is 0. The number of nitrogens with zero attached hydrogens (tertiary/aromatic N) is 4. The zero-order valence-corrected chi connectivity index (χ0v) is 17.1. The molecule has 0 bridgehead atoms. The number of amides is 1. The lowest BCUT2D eigenvalue weighted by Crippen LogP contribution is -2.41. The van der Waals surface area contributed by atoms with Crippen molar-refractivity contribution in [3.05, 3.63) is 77.6 Å². The van der Waals surface area contributed by atoms with E-state index in [0.717, 1.165) is 4.90 Å². The Labute approximate surface area is 181 Å². The SMILES string of the molecule is Cc1cc(C2(c3cc(-c4cncnc4)ccc3F)N=C(N)N(C)C2=O)ccc1OC(F)F. The van der Waals surface area contributed by atoms with Gasteiger partial charge in [0.25, 0.3) is 5.91 Å². The van der Waals surface area contributed by atoms with E-state index in [1.54, 1.807) is 19.3 Å². The molecule has 164 valence electrons. The minimum absolute atomic E-state index is 0.0434. The van der Waals surface area contributed by atoms with Gasteiger partial charge in [-0.25, -0.2) is 19.4 Å². The van der Waals surface area contributed by atoms with Crippen LogP contribution >= 0.6 is 0 Å². The molecular formula is C22H18F3N5O2. The van der Waals surface area contributed by atoms with Gasteiger partial charge >= 0.3 is 6.61 Å². The monoisotopic (exact) mass is 441 g/mol. The summed E-state index contributed by atoms with van der Waals surface area (Å²) in [6.07, 6.45) is 4.47. The number of hydrogen-bond donors (Lipinski definition) is 1. The molecule has 2 heterocycles. The number of aromatic nitrogens is 2. The summed E-state index contributed by atoms with van der Waals surface area (Å²) in [5, 5.41) is 0. The Hall–Kier alpha value is -3.95. The molecule has 1 unspecified atom stereocenters. The number of hydrogen-bond acceptors (Lipinski definition) is 6. The highest BCUT2D eigenvalue weighted by molar-refractivity contribution is 6.09. The Balaban J connectivity index is 1.95. The van der Waals surface area contributed by atoms with Crippen molar-refractivity contribution in [2.75, 3.05) is 7.05 Å². The van der Waals surface area contributed by atoms with Gasteiger partial charge in [-0.3, -0.25) is 9.69 Å². The Morgan fingerprint density at radius 3 is 2.41 bits per heavy atom. The maximum Gasteiger partial charge on any atom is 0.387 e. The van der Waals surface area contributed by atoms with Crippen LogP contribution < -0.4 is 10.5 Å². The zero-order valence-electron chi connectivity index (χ0n) is 17.1. The van der Waals surface area contributed by atoms with E-state index in [4.69, 9.17) is 5.73 Å². The fourth-order valence-corrected chi connectivity index (χ4v) is 3.69. The van der Waals surface area contributed by atoms with Crippen molar-refractivity contribution in [2.45, 2.75) is 19.1 Å². The molecule has 1 amide bonds. The fourth-order valence-electron chi connectivity index (χ4n) is 3.69. The molecule has 0 radical (unpaired) electrons. The van der Waals surface area contributed by atoms with E-state index in [-0.39, 0.29) is 22.8 Å². The number of ether oxygens (including phenoxy) is 1. The summed E-state index contributed by atoms with van der Waals surface area (Å²) in [6.45, 7) is -1.47. The van der Waals surface area contributed by atoms with Gasteiger partial charge in [-0.15, -0.1) is 0 Å². The van der Waals surface area contributed by atoms with Crippen LogP contribution in [0.15, 0.2) is 60.1 Å². The minimum atomic E-state index is -3.01. The van der Waals surface area contributed by atoms with Crippen LogP contribution in [0.1, 0.15) is 16.7 Å². The van der Waals surface area contributed by atoms with E-state index in [2.05, 4.69) is 19.7 Å². The minimum Gasteiger partial charge on any atom is -0.435 e. The van der Waals surface area contributed by atoms with Gasteiger partial charge < -0.3 is 10.5 Å². The highest BCUT2D eigenvalue weighted by Gasteiger charge is 2.51. The number of carbonyl (C=O) groups is 1. The number of likely N-dealkylation sites (N-methyl/N-ethyl adjacent to an activating group) is 1. The number of alkyl halides is 2. The first kappa shape index (κ1) is 21.3. The van der Waals surface area contributed by atoms with Crippen LogP contribution in [0.5, 0.6) is 5.75 Å². The maximum absolute atomic E-state index is 15.2. The molecule has 3 aromatic rings. The van der Waals surface area contributed by atoms with Crippen LogP contribution in [0, 0.1) is 12.7 Å². The molecule has 1 atom stereocenters. The second-order valence-corrected chi connectivity index (χ2v) is 7.23. The van der Waals surface area contributed by atoms with Crippen LogP contribution in [0.25, 0.3) is 11.1 Å². The predicted octanol–water partition coefficient (Wildman–Crippen LogP) is 3.22. The van der Waals surface area contributed by atoms with Gasteiger partial charge in [-0.1, -0.05) is 12.1 Å². The number of carbonyl (C=O) groups excluding carboxylic acids is 1. The first-order valence-electron chi connectivity index (χ1n) is 9.49. The molecule has 0 saturated heterocycles.